The predicted octanol–water partition coefficient (Wildman–Crippen LogP) is 3.47. The van der Waals surface area contributed by atoms with Crippen molar-refractivity contribution in [2.45, 2.75) is 133 Å². The van der Waals surface area contributed by atoms with Crippen molar-refractivity contribution in [2.24, 2.45) is 17.3 Å². The Morgan fingerprint density at radius 1 is 1.08 bits per heavy atom. The van der Waals surface area contributed by atoms with E-state index in [9.17, 15) is 32.4 Å². The molecule has 3 aliphatic heterocycles. The maximum Gasteiger partial charge on any atom is 0.315 e. The Hall–Kier alpha value is -2.91. The number of sulfonamides is 1. The van der Waals surface area contributed by atoms with Crippen LogP contribution in [0.25, 0.3) is 0 Å². The number of ketones is 1. The van der Waals surface area contributed by atoms with Gasteiger partial charge in [-0.1, -0.05) is 85.8 Å². The fourth-order valence-corrected chi connectivity index (χ4v) is 11.7. The van der Waals surface area contributed by atoms with Crippen molar-refractivity contribution in [1.82, 2.24) is 30.5 Å². The van der Waals surface area contributed by atoms with Crippen LogP contribution in [0, 0.1) is 17.3 Å². The Morgan fingerprint density at radius 2 is 1.77 bits per heavy atom. The van der Waals surface area contributed by atoms with E-state index in [4.69, 9.17) is 0 Å². The molecule has 4 rings (SSSR count). The SMILES string of the molecule is C=CCNC(=O)C(=O)C(CCCC)NC(=O)[C@@H]1[C@@H](C(C)C)CCN1C(=O)[C@@H](NC(=O)NC1(CN2CC3SC=CC3S2(=O)=O)CCCCC1)C(C)(C)C. The number of thioether (sulfide) groups is 1. The van der Waals surface area contributed by atoms with Crippen LogP contribution in [0.3, 0.4) is 0 Å². The molecule has 1 saturated carbocycles. The van der Waals surface area contributed by atoms with Gasteiger partial charge in [0.05, 0.1) is 11.6 Å². The van der Waals surface area contributed by atoms with Crippen molar-refractivity contribution in [3.8, 4) is 0 Å². The zero-order valence-corrected chi connectivity index (χ0v) is 33.4. The highest BCUT2D eigenvalue weighted by molar-refractivity contribution is 8.04. The summed E-state index contributed by atoms with van der Waals surface area (Å²) >= 11 is 1.53. The lowest BCUT2D eigenvalue weighted by atomic mass is 9.81. The smallest absolute Gasteiger partial charge is 0.315 e. The van der Waals surface area contributed by atoms with Gasteiger partial charge < -0.3 is 26.2 Å². The topological polar surface area (TPSA) is 174 Å². The summed E-state index contributed by atoms with van der Waals surface area (Å²) in [6, 6.07) is -3.54. The standard InChI is InChI=1S/C37H60N6O7S2/c1-8-10-14-26(30(44)33(46)38-19-9-2)39-32(45)29-25(24(3)4)15-20-43(29)34(47)31(36(5,6)7)40-35(48)41-37(17-12-11-13-18-37)23-42-22-27-28(16-21-51-27)52(42,49)50/h9,16,21,24-29,31H,2,8,10-15,17-20,22-23H2,1,3-7H3,(H,38,46)(H,39,45)(H2,40,41,48)/t25-,26?,27?,28?,29+,31-/m1/s1. The number of amides is 5. The maximum absolute atomic E-state index is 14.5. The largest absolute Gasteiger partial charge is 0.346 e. The molecule has 6 atom stereocenters. The van der Waals surface area contributed by atoms with Crippen molar-refractivity contribution in [1.29, 1.82) is 0 Å². The summed E-state index contributed by atoms with van der Waals surface area (Å²) in [5, 5.41) is 12.6. The molecular formula is C37H60N6O7S2. The monoisotopic (exact) mass is 764 g/mol. The summed E-state index contributed by atoms with van der Waals surface area (Å²) in [7, 11) is -3.56. The molecule has 1 aliphatic carbocycles. The van der Waals surface area contributed by atoms with Gasteiger partial charge >= 0.3 is 6.03 Å². The number of Topliss-reactive ketones (excluding diaryl/α,β-unsaturated/α-hetero) is 1. The summed E-state index contributed by atoms with van der Waals surface area (Å²) in [6.45, 7) is 16.0. The summed E-state index contributed by atoms with van der Waals surface area (Å²) in [5.74, 6) is -2.65. The number of hydrogen-bond donors (Lipinski definition) is 4. The highest BCUT2D eigenvalue weighted by Crippen LogP contribution is 2.40. The third-order valence-electron chi connectivity index (χ3n) is 11.0. The van der Waals surface area contributed by atoms with E-state index in [2.05, 4.69) is 27.8 Å². The van der Waals surface area contributed by atoms with E-state index in [1.807, 2.05) is 47.0 Å². The Balaban J connectivity index is 1.54. The van der Waals surface area contributed by atoms with Crippen LogP contribution in [-0.4, -0.2) is 108 Å². The zero-order valence-electron chi connectivity index (χ0n) is 31.7. The van der Waals surface area contributed by atoms with Gasteiger partial charge in [0, 0.05) is 31.4 Å². The number of likely N-dealkylation sites (tertiary alicyclic amines) is 1. The number of carbonyl (C=O) groups excluding carboxylic acids is 5. The lowest BCUT2D eigenvalue weighted by Crippen LogP contribution is -2.64. The van der Waals surface area contributed by atoms with E-state index >= 15 is 0 Å². The molecule has 3 fully saturated rings. The number of carbonyl (C=O) groups is 5. The minimum absolute atomic E-state index is 0.0278. The molecule has 3 heterocycles. The first kappa shape index (κ1) is 41.8. The van der Waals surface area contributed by atoms with E-state index < -0.39 is 73.9 Å². The number of fused-ring (bicyclic) bond motifs is 1. The second-order valence-corrected chi connectivity index (χ2v) is 19.5. The molecule has 0 bridgehead atoms. The van der Waals surface area contributed by atoms with Crippen LogP contribution in [-0.2, 0) is 29.2 Å². The van der Waals surface area contributed by atoms with E-state index in [1.54, 1.807) is 6.08 Å². The number of urea groups is 1. The Morgan fingerprint density at radius 3 is 2.37 bits per heavy atom. The molecule has 4 N–H and O–H groups in total. The van der Waals surface area contributed by atoms with Crippen molar-refractivity contribution in [3.05, 3.63) is 24.1 Å². The average Bonchev–Trinajstić information content (AvgIpc) is 3.80. The molecule has 292 valence electrons. The van der Waals surface area contributed by atoms with Crippen LogP contribution in [0.5, 0.6) is 0 Å². The molecule has 4 aliphatic rings. The molecule has 52 heavy (non-hydrogen) atoms. The van der Waals surface area contributed by atoms with Crippen molar-refractivity contribution < 1.29 is 32.4 Å². The van der Waals surface area contributed by atoms with Crippen LogP contribution < -0.4 is 21.3 Å². The number of nitrogens with zero attached hydrogens (tertiary/aromatic N) is 2. The van der Waals surface area contributed by atoms with Gasteiger partial charge in [0.15, 0.2) is 0 Å². The van der Waals surface area contributed by atoms with E-state index in [0.29, 0.717) is 32.2 Å². The zero-order chi connectivity index (χ0) is 38.4. The van der Waals surface area contributed by atoms with Gasteiger partial charge in [-0.05, 0) is 48.3 Å². The lowest BCUT2D eigenvalue weighted by molar-refractivity contribution is -0.144. The van der Waals surface area contributed by atoms with Crippen LogP contribution in [0.15, 0.2) is 24.1 Å². The molecular weight excluding hydrogens is 705 g/mol. The first-order chi connectivity index (χ1) is 24.5. The van der Waals surface area contributed by atoms with Gasteiger partial charge in [-0.2, -0.15) is 4.31 Å². The summed E-state index contributed by atoms with van der Waals surface area (Å²) in [4.78, 5) is 69.8. The number of unbranched alkanes of at least 4 members (excludes halogenated alkanes) is 1. The van der Waals surface area contributed by atoms with Gasteiger partial charge in [-0.25, -0.2) is 13.2 Å². The van der Waals surface area contributed by atoms with Crippen molar-refractivity contribution >= 4 is 51.3 Å². The molecule has 15 heteroatoms. The Bertz CT molecular complexity index is 1490. The molecule has 5 amide bonds. The maximum atomic E-state index is 14.5. The number of nitrogens with one attached hydrogen (secondary N) is 4. The predicted molar refractivity (Wildman–Crippen MR) is 204 cm³/mol. The fourth-order valence-electron chi connectivity index (χ4n) is 8.05. The van der Waals surface area contributed by atoms with Gasteiger partial charge in [0.25, 0.3) is 5.91 Å². The van der Waals surface area contributed by atoms with E-state index in [0.717, 1.165) is 25.7 Å². The van der Waals surface area contributed by atoms with Crippen LogP contribution in [0.4, 0.5) is 4.79 Å². The van der Waals surface area contributed by atoms with E-state index in [-0.39, 0.29) is 43.1 Å². The minimum Gasteiger partial charge on any atom is -0.346 e. The summed E-state index contributed by atoms with van der Waals surface area (Å²) < 4.78 is 28.4. The van der Waals surface area contributed by atoms with Crippen LogP contribution in [0.2, 0.25) is 0 Å². The molecule has 0 aromatic carbocycles. The molecule has 3 unspecified atom stereocenters. The van der Waals surface area contributed by atoms with Crippen LogP contribution >= 0.6 is 11.8 Å². The molecule has 0 radical (unpaired) electrons. The van der Waals surface area contributed by atoms with Gasteiger partial charge in [0.1, 0.15) is 17.3 Å². The van der Waals surface area contributed by atoms with Gasteiger partial charge in [-0.3, -0.25) is 19.2 Å². The summed E-state index contributed by atoms with van der Waals surface area (Å²) in [6.07, 6.45) is 9.33. The number of rotatable bonds is 15. The molecule has 2 saturated heterocycles. The normalized spacial score (nSPS) is 26.3. The summed E-state index contributed by atoms with van der Waals surface area (Å²) in [5.41, 5.74) is -1.54. The molecule has 0 spiro atoms. The third kappa shape index (κ3) is 9.60. The quantitative estimate of drug-likeness (QED) is 0.145. The highest BCUT2D eigenvalue weighted by atomic mass is 32.2. The molecule has 0 aromatic heterocycles. The first-order valence-corrected chi connectivity index (χ1v) is 21.3. The molecule has 13 nitrogen and oxygen atoms in total. The fraction of sp³-hybridized carbons (Fsp3) is 0.757. The Labute approximate surface area is 314 Å². The average molecular weight is 765 g/mol. The third-order valence-corrected chi connectivity index (χ3v) is 14.4. The number of hydrogen-bond acceptors (Lipinski definition) is 8. The van der Waals surface area contributed by atoms with Crippen molar-refractivity contribution in [3.63, 3.8) is 0 Å². The van der Waals surface area contributed by atoms with Gasteiger partial charge in [-0.15, -0.1) is 18.3 Å². The second kappa shape index (κ2) is 17.5. The molecule has 0 aromatic rings. The Kier molecular flexibility index (Phi) is 14.1. The van der Waals surface area contributed by atoms with Gasteiger partial charge in [0.2, 0.25) is 27.6 Å². The van der Waals surface area contributed by atoms with Crippen LogP contribution in [0.1, 0.15) is 99.3 Å². The highest BCUT2D eigenvalue weighted by Gasteiger charge is 2.51. The minimum atomic E-state index is -3.56. The lowest BCUT2D eigenvalue weighted by Gasteiger charge is -2.42. The second-order valence-electron chi connectivity index (χ2n) is 16.3. The van der Waals surface area contributed by atoms with E-state index in [1.165, 1.54) is 27.0 Å². The van der Waals surface area contributed by atoms with Crippen molar-refractivity contribution in [2.75, 3.05) is 26.2 Å². The first-order valence-electron chi connectivity index (χ1n) is 18.9.